The Bertz CT molecular complexity index is 2290. The van der Waals surface area contributed by atoms with Crippen LogP contribution in [-0.4, -0.2) is 124 Å². The van der Waals surface area contributed by atoms with Crippen molar-refractivity contribution in [3.8, 4) is 22.5 Å². The number of amides is 4. The molecule has 4 amide bonds. The number of fused-ring (bicyclic) bond motifs is 6. The minimum atomic E-state index is -1.05. The smallest absolute Gasteiger partial charge is 0.324 e. The van der Waals surface area contributed by atoms with Gasteiger partial charge in [-0.25, -0.2) is 15.2 Å². The van der Waals surface area contributed by atoms with E-state index in [2.05, 4.69) is 60.3 Å². The Balaban J connectivity index is 1.29. The number of urea groups is 1. The van der Waals surface area contributed by atoms with E-state index in [1.807, 2.05) is 39.1 Å². The van der Waals surface area contributed by atoms with Gasteiger partial charge >= 0.3 is 12.0 Å². The lowest BCUT2D eigenvalue weighted by atomic mass is 9.84. The van der Waals surface area contributed by atoms with Crippen LogP contribution in [0.1, 0.15) is 83.7 Å². The summed E-state index contributed by atoms with van der Waals surface area (Å²) in [4.78, 5) is 69.5. The van der Waals surface area contributed by atoms with Crippen LogP contribution in [0, 0.1) is 11.3 Å². The van der Waals surface area contributed by atoms with E-state index in [1.54, 1.807) is 25.3 Å². The molecule has 1 unspecified atom stereocenters. The number of benzene rings is 1. The number of hydrazine groups is 1. The first kappa shape index (κ1) is 45.1. The number of carbonyl (C=O) groups excluding carboxylic acids is 4. The van der Waals surface area contributed by atoms with Crippen LogP contribution in [0.2, 0.25) is 0 Å². The van der Waals surface area contributed by atoms with Crippen LogP contribution in [0.5, 0.6) is 0 Å². The van der Waals surface area contributed by atoms with Crippen molar-refractivity contribution >= 4 is 46.1 Å². The van der Waals surface area contributed by atoms with E-state index in [4.69, 9.17) is 24.2 Å². The van der Waals surface area contributed by atoms with Crippen LogP contribution in [0.4, 0.5) is 4.79 Å². The average Bonchev–Trinajstić information content (AvgIpc) is 3.85. The fraction of sp³-hybridized carbons (Fsp3) is 0.565. The first-order chi connectivity index (χ1) is 29.6. The Hall–Kier alpha value is -4.90. The van der Waals surface area contributed by atoms with Crippen molar-refractivity contribution in [2.75, 3.05) is 47.0 Å². The first-order valence-electron chi connectivity index (χ1n) is 21.9. The van der Waals surface area contributed by atoms with E-state index in [9.17, 15) is 19.2 Å². The van der Waals surface area contributed by atoms with E-state index in [1.165, 1.54) is 21.2 Å². The number of methoxy groups -OCH3 is 1. The predicted molar refractivity (Wildman–Crippen MR) is 238 cm³/mol. The Morgan fingerprint density at radius 3 is 2.68 bits per heavy atom. The number of pyridine rings is 1. The van der Waals surface area contributed by atoms with Crippen LogP contribution < -0.4 is 10.7 Å². The number of rotatable bonds is 8. The fourth-order valence-corrected chi connectivity index (χ4v) is 9.93. The molecule has 3 aromatic heterocycles. The number of likely N-dealkylation sites (N-methyl/N-ethyl adjacent to an activating group) is 1. The van der Waals surface area contributed by atoms with Crippen molar-refractivity contribution in [1.29, 1.82) is 0 Å². The number of ether oxygens (including phenoxy) is 3. The number of carbonyl (C=O) groups is 4. The maximum absolute atomic E-state index is 14.6. The van der Waals surface area contributed by atoms with Gasteiger partial charge in [-0.2, -0.15) is 0 Å². The third-order valence-corrected chi connectivity index (χ3v) is 13.2. The van der Waals surface area contributed by atoms with E-state index < -0.39 is 41.3 Å². The number of hydrogen-bond acceptors (Lipinski definition) is 11. The Kier molecular flexibility index (Phi) is 13.7. The molecule has 2 saturated heterocycles. The molecule has 7 rings (SSSR count). The summed E-state index contributed by atoms with van der Waals surface area (Å²) in [5.74, 6) is -1.56. The fourth-order valence-electron chi connectivity index (χ4n) is 9.08. The SMILES string of the molecule is CCn1c(-c2cccnc2[C@H](C)OC)c2c3cc(ccc31)-c1csc(n1)C[C@H](NC(=O)C(C(C)C)N(C)C(=O)N1CCO[C@@H](C)C1)C(=O)N1CCC[C@H](N1)C(=O)OCC(C)(C)C2. The van der Waals surface area contributed by atoms with E-state index in [-0.39, 0.29) is 37.2 Å². The molecule has 2 N–H and O–H groups in total. The third-order valence-electron chi connectivity index (χ3n) is 12.3. The lowest BCUT2D eigenvalue weighted by molar-refractivity contribution is -0.155. The molecule has 0 radical (unpaired) electrons. The molecule has 6 heterocycles. The predicted octanol–water partition coefficient (Wildman–Crippen LogP) is 6.00. The number of aromatic nitrogens is 3. The van der Waals surface area contributed by atoms with Crippen molar-refractivity contribution in [2.45, 2.75) is 111 Å². The zero-order valence-corrected chi connectivity index (χ0v) is 38.3. The molecule has 3 aliphatic rings. The van der Waals surface area contributed by atoms with Crippen LogP contribution >= 0.6 is 11.3 Å². The highest BCUT2D eigenvalue weighted by Crippen LogP contribution is 2.42. The molecule has 62 heavy (non-hydrogen) atoms. The molecule has 0 aliphatic carbocycles. The van der Waals surface area contributed by atoms with Gasteiger partial charge in [-0.05, 0) is 75.8 Å². The minimum absolute atomic E-state index is 0.103. The van der Waals surface area contributed by atoms with E-state index in [0.717, 1.165) is 44.7 Å². The second kappa shape index (κ2) is 18.8. The number of thiazole rings is 1. The van der Waals surface area contributed by atoms with Crippen molar-refractivity contribution < 1.29 is 33.4 Å². The van der Waals surface area contributed by atoms with Gasteiger partial charge in [-0.3, -0.25) is 24.4 Å². The van der Waals surface area contributed by atoms with Gasteiger partial charge in [0.05, 0.1) is 47.5 Å². The molecule has 5 atom stereocenters. The number of aryl methyl sites for hydroxylation is 1. The van der Waals surface area contributed by atoms with Gasteiger partial charge in [-0.1, -0.05) is 33.8 Å². The minimum Gasteiger partial charge on any atom is -0.464 e. The van der Waals surface area contributed by atoms with Gasteiger partial charge in [0.25, 0.3) is 5.91 Å². The molecular formula is C46H62N8O7S. The second-order valence-corrected chi connectivity index (χ2v) is 18.9. The summed E-state index contributed by atoms with van der Waals surface area (Å²) in [6.07, 6.45) is 3.16. The van der Waals surface area contributed by atoms with Gasteiger partial charge in [0.15, 0.2) is 0 Å². The zero-order valence-electron chi connectivity index (χ0n) is 37.5. The normalized spacial score (nSPS) is 21.9. The quantitative estimate of drug-likeness (QED) is 0.201. The second-order valence-electron chi connectivity index (χ2n) is 18.0. The van der Waals surface area contributed by atoms with Gasteiger partial charge in [0.2, 0.25) is 5.91 Å². The maximum Gasteiger partial charge on any atom is 0.324 e. The highest BCUT2D eigenvalue weighted by molar-refractivity contribution is 7.10. The molecule has 6 bridgehead atoms. The highest BCUT2D eigenvalue weighted by atomic mass is 32.1. The summed E-state index contributed by atoms with van der Waals surface area (Å²) < 4.78 is 19.9. The summed E-state index contributed by atoms with van der Waals surface area (Å²) in [7, 11) is 3.32. The molecule has 4 aromatic rings. The summed E-state index contributed by atoms with van der Waals surface area (Å²) in [5.41, 5.74) is 9.36. The number of cyclic esters (lactones) is 1. The van der Waals surface area contributed by atoms with E-state index in [0.29, 0.717) is 57.1 Å². The van der Waals surface area contributed by atoms with Crippen LogP contribution in [0.15, 0.2) is 41.9 Å². The number of esters is 1. The summed E-state index contributed by atoms with van der Waals surface area (Å²) in [6, 6.07) is 7.49. The van der Waals surface area contributed by atoms with Crippen LogP contribution in [0.25, 0.3) is 33.4 Å². The van der Waals surface area contributed by atoms with Crippen molar-refractivity contribution in [3.05, 3.63) is 58.2 Å². The highest BCUT2D eigenvalue weighted by Gasteiger charge is 2.39. The van der Waals surface area contributed by atoms with Gasteiger partial charge in [-0.15, -0.1) is 11.3 Å². The standard InChI is InChI=1S/C46H62N8O7S/c1-10-53-37-16-15-30-21-32(37)33(41(53)31-13-11-17-47-39(31)29(5)59-9)23-46(6,7)26-61-44(57)34-14-12-18-54(50-34)43(56)35(22-38-48-36(30)25-62-38)49-42(55)40(27(2)3)51(8)45(58)52-19-20-60-28(4)24-52/h11,13,15-17,21,25,27-29,34-35,40,50H,10,12,14,18-20,22-24,26H2,1-9H3,(H,49,55)/t28-,29-,34-,35-,40?/m0/s1. The summed E-state index contributed by atoms with van der Waals surface area (Å²) in [6.45, 7) is 16.5. The van der Waals surface area contributed by atoms with Crippen molar-refractivity contribution in [1.82, 2.24) is 40.1 Å². The molecule has 0 spiro atoms. The number of nitrogens with zero attached hydrogens (tertiary/aromatic N) is 6. The molecule has 2 fully saturated rings. The average molecular weight is 871 g/mol. The maximum atomic E-state index is 14.6. The summed E-state index contributed by atoms with van der Waals surface area (Å²) in [5, 5.41) is 8.17. The summed E-state index contributed by atoms with van der Waals surface area (Å²) >= 11 is 1.42. The lowest BCUT2D eigenvalue weighted by Crippen LogP contribution is -2.62. The molecule has 16 heteroatoms. The van der Waals surface area contributed by atoms with E-state index >= 15 is 0 Å². The molecular weight excluding hydrogens is 809 g/mol. The number of morpholine rings is 1. The number of hydrogen-bond donors (Lipinski definition) is 2. The van der Waals surface area contributed by atoms with Crippen LogP contribution in [-0.2, 0) is 48.0 Å². The Morgan fingerprint density at radius 2 is 1.95 bits per heavy atom. The first-order valence-corrected chi connectivity index (χ1v) is 22.7. The van der Waals surface area contributed by atoms with Crippen LogP contribution in [0.3, 0.4) is 0 Å². The molecule has 334 valence electrons. The molecule has 1 aromatic carbocycles. The van der Waals surface area contributed by atoms with Gasteiger partial charge in [0.1, 0.15) is 18.1 Å². The third kappa shape index (κ3) is 9.38. The topological polar surface area (TPSA) is 160 Å². The van der Waals surface area contributed by atoms with Crippen molar-refractivity contribution in [3.63, 3.8) is 0 Å². The Labute approximate surface area is 368 Å². The Morgan fingerprint density at radius 1 is 1.16 bits per heavy atom. The van der Waals surface area contributed by atoms with Crippen molar-refractivity contribution in [2.24, 2.45) is 11.3 Å². The molecule has 3 aliphatic heterocycles. The largest absolute Gasteiger partial charge is 0.464 e. The van der Waals surface area contributed by atoms with Gasteiger partial charge in [0, 0.05) is 85.8 Å². The zero-order chi connectivity index (χ0) is 44.5. The monoisotopic (exact) mass is 870 g/mol. The molecule has 0 saturated carbocycles. The lowest BCUT2D eigenvalue weighted by Gasteiger charge is -2.38. The molecule has 15 nitrogen and oxygen atoms in total. The number of nitrogens with one attached hydrogen (secondary N) is 2. The van der Waals surface area contributed by atoms with Gasteiger partial charge < -0.3 is 33.9 Å².